The summed E-state index contributed by atoms with van der Waals surface area (Å²) in [6.07, 6.45) is 3.85. The van der Waals surface area contributed by atoms with Crippen LogP contribution in [0, 0.1) is 0 Å². The first-order chi connectivity index (χ1) is 8.24. The molecule has 5 heteroatoms. The van der Waals surface area contributed by atoms with E-state index in [0.717, 1.165) is 36.8 Å². The fraction of sp³-hybridized carbons (Fsp3) is 0.250. The van der Waals surface area contributed by atoms with E-state index in [9.17, 15) is 0 Å². The van der Waals surface area contributed by atoms with Gasteiger partial charge in [-0.25, -0.2) is 4.98 Å². The van der Waals surface area contributed by atoms with Crippen LogP contribution in [0.2, 0.25) is 5.02 Å². The van der Waals surface area contributed by atoms with E-state index in [2.05, 4.69) is 14.5 Å². The summed E-state index contributed by atoms with van der Waals surface area (Å²) in [5.74, 6) is 1.07. The van der Waals surface area contributed by atoms with E-state index in [1.165, 1.54) is 0 Å². The molecule has 88 valence electrons. The number of nitrogens with two attached hydrogens (primary N) is 1. The van der Waals surface area contributed by atoms with Crippen LogP contribution in [-0.4, -0.2) is 16.1 Å². The Morgan fingerprint density at radius 1 is 1.29 bits per heavy atom. The van der Waals surface area contributed by atoms with E-state index in [1.54, 1.807) is 6.07 Å². The lowest BCUT2D eigenvalue weighted by Crippen LogP contribution is -2.34. The number of nitrogen functional groups attached to an aromatic ring is 1. The third-order valence-electron chi connectivity index (χ3n) is 3.08. The van der Waals surface area contributed by atoms with Crippen LogP contribution in [-0.2, 0) is 13.1 Å². The summed E-state index contributed by atoms with van der Waals surface area (Å²) in [7, 11) is 0. The maximum absolute atomic E-state index is 5.99. The van der Waals surface area contributed by atoms with Crippen molar-refractivity contribution in [2.75, 3.05) is 17.2 Å². The smallest absolute Gasteiger partial charge is 0.128 e. The maximum Gasteiger partial charge on any atom is 0.128 e. The van der Waals surface area contributed by atoms with E-state index >= 15 is 0 Å². The van der Waals surface area contributed by atoms with Crippen LogP contribution < -0.4 is 10.6 Å². The van der Waals surface area contributed by atoms with Crippen LogP contribution in [0.4, 0.5) is 11.4 Å². The van der Waals surface area contributed by atoms with Crippen molar-refractivity contribution >= 4 is 23.0 Å². The molecule has 2 aromatic rings. The van der Waals surface area contributed by atoms with Gasteiger partial charge >= 0.3 is 0 Å². The molecule has 2 heterocycles. The number of rotatable bonds is 1. The largest absolute Gasteiger partial charge is 0.397 e. The molecule has 17 heavy (non-hydrogen) atoms. The van der Waals surface area contributed by atoms with Gasteiger partial charge in [0, 0.05) is 30.5 Å². The molecule has 0 saturated carbocycles. The van der Waals surface area contributed by atoms with Crippen LogP contribution in [0.1, 0.15) is 5.82 Å². The van der Waals surface area contributed by atoms with E-state index < -0.39 is 0 Å². The normalized spacial score (nSPS) is 14.8. The highest BCUT2D eigenvalue weighted by Gasteiger charge is 2.18. The molecular formula is C12H13ClN4. The predicted molar refractivity (Wildman–Crippen MR) is 69.1 cm³/mol. The van der Waals surface area contributed by atoms with Crippen molar-refractivity contribution in [1.29, 1.82) is 0 Å². The molecule has 0 radical (unpaired) electrons. The minimum Gasteiger partial charge on any atom is -0.397 e. The third-order valence-corrected chi connectivity index (χ3v) is 3.31. The molecule has 1 aromatic carbocycles. The van der Waals surface area contributed by atoms with E-state index in [-0.39, 0.29) is 0 Å². The maximum atomic E-state index is 5.99. The summed E-state index contributed by atoms with van der Waals surface area (Å²) in [5.41, 5.74) is 7.75. The Bertz CT molecular complexity index is 549. The Morgan fingerprint density at radius 2 is 2.18 bits per heavy atom. The Balaban J connectivity index is 1.91. The summed E-state index contributed by atoms with van der Waals surface area (Å²) in [4.78, 5) is 6.56. The zero-order valence-corrected chi connectivity index (χ0v) is 10.1. The molecule has 0 atom stereocenters. The molecule has 3 rings (SSSR count). The van der Waals surface area contributed by atoms with E-state index in [1.807, 2.05) is 24.5 Å². The number of hydrogen-bond donors (Lipinski definition) is 1. The van der Waals surface area contributed by atoms with Gasteiger partial charge in [-0.3, -0.25) is 0 Å². The Hall–Kier alpha value is -1.68. The SMILES string of the molecule is Nc1cc(Cl)ccc1N1CCn2ccnc2C1. The monoisotopic (exact) mass is 248 g/mol. The van der Waals surface area contributed by atoms with Gasteiger partial charge in [-0.15, -0.1) is 0 Å². The molecule has 0 aliphatic carbocycles. The zero-order chi connectivity index (χ0) is 11.8. The van der Waals surface area contributed by atoms with Gasteiger partial charge in [0.25, 0.3) is 0 Å². The predicted octanol–water partition coefficient (Wildman–Crippen LogP) is 2.14. The summed E-state index contributed by atoms with van der Waals surface area (Å²) in [6.45, 7) is 2.67. The van der Waals surface area contributed by atoms with Crippen molar-refractivity contribution in [2.45, 2.75) is 13.1 Å². The lowest BCUT2D eigenvalue weighted by Gasteiger charge is -2.30. The highest BCUT2D eigenvalue weighted by molar-refractivity contribution is 6.31. The van der Waals surface area contributed by atoms with Gasteiger partial charge in [0.05, 0.1) is 17.9 Å². The van der Waals surface area contributed by atoms with Gasteiger partial charge < -0.3 is 15.2 Å². The lowest BCUT2D eigenvalue weighted by atomic mass is 10.2. The fourth-order valence-corrected chi connectivity index (χ4v) is 2.37. The number of imidazole rings is 1. The molecule has 0 fully saturated rings. The second-order valence-electron chi connectivity index (χ2n) is 4.16. The van der Waals surface area contributed by atoms with Gasteiger partial charge in [0.1, 0.15) is 5.82 Å². The van der Waals surface area contributed by atoms with Crippen molar-refractivity contribution in [1.82, 2.24) is 9.55 Å². The summed E-state index contributed by atoms with van der Waals surface area (Å²) < 4.78 is 2.17. The van der Waals surface area contributed by atoms with Gasteiger partial charge in [-0.05, 0) is 18.2 Å². The minimum atomic E-state index is 0.671. The average molecular weight is 249 g/mol. The van der Waals surface area contributed by atoms with Gasteiger partial charge in [0.15, 0.2) is 0 Å². The summed E-state index contributed by atoms with van der Waals surface area (Å²) in [6, 6.07) is 5.63. The Labute approximate surface area is 105 Å². The second kappa shape index (κ2) is 3.96. The Kier molecular flexibility index (Phi) is 2.44. The average Bonchev–Trinajstić information content (AvgIpc) is 2.75. The first kappa shape index (κ1) is 10.5. The molecule has 4 nitrogen and oxygen atoms in total. The highest BCUT2D eigenvalue weighted by atomic mass is 35.5. The number of hydrogen-bond acceptors (Lipinski definition) is 3. The summed E-state index contributed by atoms with van der Waals surface area (Å²) in [5, 5.41) is 0.671. The van der Waals surface area contributed by atoms with Crippen LogP contribution in [0.3, 0.4) is 0 Å². The summed E-state index contributed by atoms with van der Waals surface area (Å²) >= 11 is 5.90. The molecule has 0 bridgehead atoms. The first-order valence-corrected chi connectivity index (χ1v) is 5.92. The molecule has 0 unspecified atom stereocenters. The van der Waals surface area contributed by atoms with Crippen LogP contribution in [0.5, 0.6) is 0 Å². The van der Waals surface area contributed by atoms with Gasteiger partial charge in [-0.2, -0.15) is 0 Å². The quantitative estimate of drug-likeness (QED) is 0.787. The fourth-order valence-electron chi connectivity index (χ4n) is 2.19. The second-order valence-corrected chi connectivity index (χ2v) is 4.60. The lowest BCUT2D eigenvalue weighted by molar-refractivity contribution is 0.560. The number of aromatic nitrogens is 2. The van der Waals surface area contributed by atoms with Crippen molar-refractivity contribution in [3.63, 3.8) is 0 Å². The highest BCUT2D eigenvalue weighted by Crippen LogP contribution is 2.28. The first-order valence-electron chi connectivity index (χ1n) is 5.54. The van der Waals surface area contributed by atoms with Crippen LogP contribution in [0.15, 0.2) is 30.6 Å². The van der Waals surface area contributed by atoms with Gasteiger partial charge in [-0.1, -0.05) is 11.6 Å². The number of halogens is 1. The number of benzene rings is 1. The van der Waals surface area contributed by atoms with Crippen molar-refractivity contribution in [3.05, 3.63) is 41.4 Å². The van der Waals surface area contributed by atoms with Crippen LogP contribution >= 0.6 is 11.6 Å². The molecule has 0 spiro atoms. The molecule has 1 aliphatic rings. The zero-order valence-electron chi connectivity index (χ0n) is 9.31. The number of nitrogens with zero attached hydrogens (tertiary/aromatic N) is 3. The van der Waals surface area contributed by atoms with Crippen molar-refractivity contribution in [3.8, 4) is 0 Å². The number of fused-ring (bicyclic) bond motifs is 1. The molecule has 1 aromatic heterocycles. The molecular weight excluding hydrogens is 236 g/mol. The third kappa shape index (κ3) is 1.85. The Morgan fingerprint density at radius 3 is 3.00 bits per heavy atom. The van der Waals surface area contributed by atoms with E-state index in [0.29, 0.717) is 5.02 Å². The molecule has 0 amide bonds. The number of anilines is 2. The van der Waals surface area contributed by atoms with Gasteiger partial charge in [0.2, 0.25) is 0 Å². The van der Waals surface area contributed by atoms with Crippen molar-refractivity contribution < 1.29 is 0 Å². The molecule has 0 saturated heterocycles. The topological polar surface area (TPSA) is 47.1 Å². The standard InChI is InChI=1S/C12H13ClN4/c13-9-1-2-11(10(14)7-9)17-6-5-16-4-3-15-12(16)8-17/h1-4,7H,5-6,8,14H2. The van der Waals surface area contributed by atoms with Crippen molar-refractivity contribution in [2.24, 2.45) is 0 Å². The van der Waals surface area contributed by atoms with Crippen LogP contribution in [0.25, 0.3) is 0 Å². The van der Waals surface area contributed by atoms with E-state index in [4.69, 9.17) is 17.3 Å². The minimum absolute atomic E-state index is 0.671. The molecule has 1 aliphatic heterocycles. The molecule has 2 N–H and O–H groups in total.